The van der Waals surface area contributed by atoms with E-state index >= 15 is 0 Å². The molecular weight excluding hydrogens is 256 g/mol. The van der Waals surface area contributed by atoms with Crippen LogP contribution in [-0.4, -0.2) is 31.3 Å². The van der Waals surface area contributed by atoms with Crippen molar-refractivity contribution in [3.05, 3.63) is 22.7 Å². The molecule has 5 nitrogen and oxygen atoms in total. The maximum atomic E-state index is 12.5. The first kappa shape index (κ1) is 16.3. The van der Waals surface area contributed by atoms with Crippen molar-refractivity contribution in [2.45, 2.75) is 40.5 Å². The van der Waals surface area contributed by atoms with Gasteiger partial charge in [-0.1, -0.05) is 13.8 Å². The second kappa shape index (κ2) is 7.72. The lowest BCUT2D eigenvalue weighted by Crippen LogP contribution is -2.36. The van der Waals surface area contributed by atoms with Crippen molar-refractivity contribution in [1.82, 2.24) is 10.6 Å². The quantitative estimate of drug-likeness (QED) is 0.662. The Morgan fingerprint density at radius 2 is 1.45 bits per heavy atom. The first-order valence-electron chi connectivity index (χ1n) is 7.23. The Morgan fingerprint density at radius 3 is 1.95 bits per heavy atom. The molecule has 0 saturated carbocycles. The topological polar surface area (TPSA) is 67.4 Å². The van der Waals surface area contributed by atoms with Crippen LogP contribution in [0.4, 0.5) is 0 Å². The Labute approximate surface area is 120 Å². The number of allylic oxidation sites excluding steroid dienone is 1. The van der Waals surface area contributed by atoms with Crippen molar-refractivity contribution in [3.63, 3.8) is 0 Å². The van der Waals surface area contributed by atoms with Crippen LogP contribution in [0.3, 0.4) is 0 Å². The molecule has 112 valence electrons. The van der Waals surface area contributed by atoms with Crippen LogP contribution in [0.25, 0.3) is 0 Å². The summed E-state index contributed by atoms with van der Waals surface area (Å²) in [5.41, 5.74) is 1.10. The molecule has 0 radical (unpaired) electrons. The highest BCUT2D eigenvalue weighted by Crippen LogP contribution is 2.22. The van der Waals surface area contributed by atoms with E-state index in [2.05, 4.69) is 10.6 Å². The standard InChI is InChI=1S/C15H24N2O3/c1-5-8-16-11-10(4)13(18)12(17-9-6-2)15(14(11)19)20-7-3/h16-17H,5-9H2,1-4H3. The van der Waals surface area contributed by atoms with Crippen LogP contribution in [0.15, 0.2) is 22.7 Å². The molecule has 0 amide bonds. The number of hydrogen-bond donors (Lipinski definition) is 2. The molecule has 0 fully saturated rings. The number of Topliss-reactive ketones (excluding diaryl/α,β-unsaturated/α-hetero) is 2. The first-order chi connectivity index (χ1) is 9.58. The average molecular weight is 280 g/mol. The average Bonchev–Trinajstić information content (AvgIpc) is 2.44. The maximum Gasteiger partial charge on any atom is 0.246 e. The van der Waals surface area contributed by atoms with E-state index in [1.54, 1.807) is 13.8 Å². The smallest absolute Gasteiger partial charge is 0.246 e. The van der Waals surface area contributed by atoms with Gasteiger partial charge in [0.05, 0.1) is 12.3 Å². The van der Waals surface area contributed by atoms with E-state index in [4.69, 9.17) is 4.74 Å². The molecule has 0 atom stereocenters. The van der Waals surface area contributed by atoms with Crippen LogP contribution >= 0.6 is 0 Å². The molecule has 0 aromatic carbocycles. The van der Waals surface area contributed by atoms with Gasteiger partial charge in [-0.25, -0.2) is 0 Å². The molecule has 1 aliphatic rings. The molecule has 1 rings (SSSR count). The van der Waals surface area contributed by atoms with Crippen molar-refractivity contribution in [2.24, 2.45) is 0 Å². The third-order valence-corrected chi connectivity index (χ3v) is 3.00. The van der Waals surface area contributed by atoms with Gasteiger partial charge in [0.15, 0.2) is 5.76 Å². The van der Waals surface area contributed by atoms with Crippen LogP contribution < -0.4 is 10.6 Å². The van der Waals surface area contributed by atoms with Crippen molar-refractivity contribution in [2.75, 3.05) is 19.7 Å². The molecule has 5 heteroatoms. The summed E-state index contributed by atoms with van der Waals surface area (Å²) in [6.07, 6.45) is 1.75. The van der Waals surface area contributed by atoms with Gasteiger partial charge >= 0.3 is 0 Å². The van der Waals surface area contributed by atoms with Gasteiger partial charge in [-0.2, -0.15) is 0 Å². The SMILES string of the molecule is CCCNC1=C(C)C(=O)C(NCCC)=C(OCC)C1=O. The molecule has 0 bridgehead atoms. The predicted molar refractivity (Wildman–Crippen MR) is 78.0 cm³/mol. The summed E-state index contributed by atoms with van der Waals surface area (Å²) in [7, 11) is 0. The highest BCUT2D eigenvalue weighted by Gasteiger charge is 2.33. The molecule has 0 aliphatic heterocycles. The van der Waals surface area contributed by atoms with Crippen molar-refractivity contribution < 1.29 is 14.3 Å². The summed E-state index contributed by atoms with van der Waals surface area (Å²) in [5.74, 6) is -0.272. The molecule has 0 saturated heterocycles. The number of nitrogens with one attached hydrogen (secondary N) is 2. The Morgan fingerprint density at radius 1 is 0.900 bits per heavy atom. The van der Waals surface area contributed by atoms with Crippen LogP contribution in [0.1, 0.15) is 40.5 Å². The summed E-state index contributed by atoms with van der Waals surface area (Å²) < 4.78 is 5.41. The predicted octanol–water partition coefficient (Wildman–Crippen LogP) is 1.66. The summed E-state index contributed by atoms with van der Waals surface area (Å²) in [6, 6.07) is 0. The molecule has 0 aromatic heterocycles. The van der Waals surface area contributed by atoms with Gasteiger partial charge in [0.2, 0.25) is 11.6 Å². The van der Waals surface area contributed by atoms with Gasteiger partial charge < -0.3 is 15.4 Å². The van der Waals surface area contributed by atoms with E-state index in [-0.39, 0.29) is 17.3 Å². The summed E-state index contributed by atoms with van der Waals surface area (Å²) in [4.78, 5) is 24.8. The van der Waals surface area contributed by atoms with Gasteiger partial charge in [0.25, 0.3) is 0 Å². The van der Waals surface area contributed by atoms with Gasteiger partial charge in [0.1, 0.15) is 5.70 Å². The van der Waals surface area contributed by atoms with Gasteiger partial charge in [-0.3, -0.25) is 9.59 Å². The van der Waals surface area contributed by atoms with E-state index in [9.17, 15) is 9.59 Å². The van der Waals surface area contributed by atoms with Crippen LogP contribution in [-0.2, 0) is 14.3 Å². The van der Waals surface area contributed by atoms with Crippen molar-refractivity contribution in [1.29, 1.82) is 0 Å². The van der Waals surface area contributed by atoms with Gasteiger partial charge in [-0.15, -0.1) is 0 Å². The van der Waals surface area contributed by atoms with Crippen LogP contribution in [0.5, 0.6) is 0 Å². The minimum Gasteiger partial charge on any atom is -0.488 e. The fraction of sp³-hybridized carbons (Fsp3) is 0.600. The number of hydrogen-bond acceptors (Lipinski definition) is 5. The van der Waals surface area contributed by atoms with Gasteiger partial charge in [-0.05, 0) is 26.7 Å². The minimum atomic E-state index is -0.240. The molecule has 0 heterocycles. The molecule has 0 spiro atoms. The summed E-state index contributed by atoms with van der Waals surface area (Å²) in [6.45, 7) is 9.12. The minimum absolute atomic E-state index is 0.134. The third kappa shape index (κ3) is 3.40. The molecule has 0 unspecified atom stereocenters. The fourth-order valence-electron chi connectivity index (χ4n) is 1.96. The Hall–Kier alpha value is -1.78. The zero-order valence-electron chi connectivity index (χ0n) is 12.8. The van der Waals surface area contributed by atoms with E-state index in [0.29, 0.717) is 36.7 Å². The Kier molecular flexibility index (Phi) is 6.28. The monoisotopic (exact) mass is 280 g/mol. The molecule has 1 aliphatic carbocycles. The number of carbonyl (C=O) groups excluding carboxylic acids is 2. The van der Waals surface area contributed by atoms with E-state index in [0.717, 1.165) is 12.8 Å². The second-order valence-electron chi connectivity index (χ2n) is 4.65. The van der Waals surface area contributed by atoms with Crippen molar-refractivity contribution in [3.8, 4) is 0 Å². The molecule has 2 N–H and O–H groups in total. The summed E-state index contributed by atoms with van der Waals surface area (Å²) >= 11 is 0. The van der Waals surface area contributed by atoms with E-state index in [1.807, 2.05) is 13.8 Å². The number of carbonyl (C=O) groups is 2. The number of ketones is 2. The Bertz CT molecular complexity index is 450. The third-order valence-electron chi connectivity index (χ3n) is 3.00. The zero-order valence-corrected chi connectivity index (χ0v) is 12.8. The van der Waals surface area contributed by atoms with Gasteiger partial charge in [0, 0.05) is 18.7 Å². The lowest BCUT2D eigenvalue weighted by atomic mass is 9.96. The van der Waals surface area contributed by atoms with E-state index in [1.165, 1.54) is 0 Å². The normalized spacial score (nSPS) is 15.8. The number of ether oxygens (including phenoxy) is 1. The van der Waals surface area contributed by atoms with Crippen LogP contribution in [0.2, 0.25) is 0 Å². The summed E-state index contributed by atoms with van der Waals surface area (Å²) in [5, 5.41) is 6.05. The second-order valence-corrected chi connectivity index (χ2v) is 4.65. The molecule has 20 heavy (non-hydrogen) atoms. The molecule has 0 aromatic rings. The lowest BCUT2D eigenvalue weighted by molar-refractivity contribution is -0.119. The number of rotatable bonds is 8. The fourth-order valence-corrected chi connectivity index (χ4v) is 1.96. The largest absolute Gasteiger partial charge is 0.488 e. The highest BCUT2D eigenvalue weighted by atomic mass is 16.5. The van der Waals surface area contributed by atoms with E-state index < -0.39 is 0 Å². The zero-order chi connectivity index (χ0) is 15.1. The Balaban J connectivity index is 3.11. The van der Waals surface area contributed by atoms with Crippen LogP contribution in [0, 0.1) is 0 Å². The highest BCUT2D eigenvalue weighted by molar-refractivity contribution is 6.23. The molecular formula is C15H24N2O3. The maximum absolute atomic E-state index is 12.5. The first-order valence-corrected chi connectivity index (χ1v) is 7.23. The van der Waals surface area contributed by atoms with Crippen molar-refractivity contribution >= 4 is 11.6 Å². The lowest BCUT2D eigenvalue weighted by Gasteiger charge is -2.23.